The van der Waals surface area contributed by atoms with Crippen LogP contribution in [-0.4, -0.2) is 26.2 Å². The van der Waals surface area contributed by atoms with Crippen LogP contribution in [0.1, 0.15) is 12.0 Å². The van der Waals surface area contributed by atoms with Gasteiger partial charge < -0.3 is 13.5 Å². The molecule has 0 bridgehead atoms. The van der Waals surface area contributed by atoms with Crippen LogP contribution in [0.3, 0.4) is 0 Å². The Bertz CT molecular complexity index is 363. The molecular weight excluding hydrogens is 231 g/mol. The Hall–Kier alpha value is -0.900. The quantitative estimate of drug-likeness (QED) is 0.690. The van der Waals surface area contributed by atoms with E-state index in [0.717, 1.165) is 5.56 Å². The SMILES string of the molecule is COP(=O)(CC(=O)CCc1ccoc1)OC. The van der Waals surface area contributed by atoms with Gasteiger partial charge in [-0.15, -0.1) is 0 Å². The molecule has 0 saturated heterocycles. The summed E-state index contributed by atoms with van der Waals surface area (Å²) < 4.78 is 25.9. The van der Waals surface area contributed by atoms with Gasteiger partial charge in [0.25, 0.3) is 0 Å². The Morgan fingerprint density at radius 2 is 2.12 bits per heavy atom. The molecule has 0 atom stereocenters. The molecule has 1 aromatic heterocycles. The maximum absolute atomic E-state index is 11.6. The van der Waals surface area contributed by atoms with Crippen molar-refractivity contribution in [3.63, 3.8) is 0 Å². The van der Waals surface area contributed by atoms with Crippen molar-refractivity contribution < 1.29 is 22.8 Å². The molecule has 0 aliphatic carbocycles. The molecule has 90 valence electrons. The van der Waals surface area contributed by atoms with Crippen LogP contribution in [0.25, 0.3) is 0 Å². The third kappa shape index (κ3) is 3.93. The highest BCUT2D eigenvalue weighted by atomic mass is 31.2. The predicted octanol–water partition coefficient (Wildman–Crippen LogP) is 2.27. The molecule has 1 heterocycles. The normalized spacial score (nSPS) is 11.6. The van der Waals surface area contributed by atoms with Crippen molar-refractivity contribution in [1.29, 1.82) is 0 Å². The highest BCUT2D eigenvalue weighted by molar-refractivity contribution is 7.54. The van der Waals surface area contributed by atoms with E-state index in [9.17, 15) is 9.36 Å². The predicted molar refractivity (Wildman–Crippen MR) is 58.5 cm³/mol. The van der Waals surface area contributed by atoms with E-state index in [1.807, 2.05) is 0 Å². The number of hydrogen-bond acceptors (Lipinski definition) is 5. The maximum Gasteiger partial charge on any atom is 0.337 e. The molecule has 0 aliphatic rings. The molecule has 0 aromatic carbocycles. The lowest BCUT2D eigenvalue weighted by molar-refractivity contribution is -0.116. The van der Waals surface area contributed by atoms with Gasteiger partial charge in [-0.3, -0.25) is 9.36 Å². The van der Waals surface area contributed by atoms with Gasteiger partial charge in [-0.1, -0.05) is 0 Å². The largest absolute Gasteiger partial charge is 0.472 e. The molecule has 5 nitrogen and oxygen atoms in total. The third-order valence-corrected chi connectivity index (χ3v) is 4.05. The van der Waals surface area contributed by atoms with Gasteiger partial charge in [0.05, 0.1) is 12.5 Å². The number of aryl methyl sites for hydroxylation is 1. The van der Waals surface area contributed by atoms with E-state index >= 15 is 0 Å². The van der Waals surface area contributed by atoms with Crippen LogP contribution in [0.2, 0.25) is 0 Å². The molecule has 0 radical (unpaired) electrons. The molecule has 16 heavy (non-hydrogen) atoms. The summed E-state index contributed by atoms with van der Waals surface area (Å²) in [6, 6.07) is 1.79. The van der Waals surface area contributed by atoms with E-state index in [2.05, 4.69) is 9.05 Å². The summed E-state index contributed by atoms with van der Waals surface area (Å²) in [7, 11) is -0.674. The molecule has 0 spiro atoms. The Labute approximate surface area is 94.3 Å². The second-order valence-electron chi connectivity index (χ2n) is 3.30. The third-order valence-electron chi connectivity index (χ3n) is 2.20. The average Bonchev–Trinajstić information content (AvgIpc) is 2.79. The van der Waals surface area contributed by atoms with E-state index < -0.39 is 7.60 Å². The number of carbonyl (C=O) groups is 1. The second kappa shape index (κ2) is 5.99. The van der Waals surface area contributed by atoms with Crippen LogP contribution in [0.15, 0.2) is 23.0 Å². The molecule has 0 fully saturated rings. The number of ketones is 1. The Morgan fingerprint density at radius 1 is 1.44 bits per heavy atom. The van der Waals surface area contributed by atoms with Crippen molar-refractivity contribution in [3.8, 4) is 0 Å². The highest BCUT2D eigenvalue weighted by Gasteiger charge is 2.24. The van der Waals surface area contributed by atoms with Gasteiger partial charge >= 0.3 is 7.60 Å². The van der Waals surface area contributed by atoms with Crippen molar-refractivity contribution in [1.82, 2.24) is 0 Å². The number of carbonyl (C=O) groups excluding carboxylic acids is 1. The first-order valence-electron chi connectivity index (χ1n) is 4.83. The Kier molecular flexibility index (Phi) is 4.93. The fourth-order valence-electron chi connectivity index (χ4n) is 1.22. The van der Waals surface area contributed by atoms with E-state index in [1.165, 1.54) is 14.2 Å². The summed E-state index contributed by atoms with van der Waals surface area (Å²) in [5, 5.41) is 0. The van der Waals surface area contributed by atoms with Crippen molar-refractivity contribution in [3.05, 3.63) is 24.2 Å². The van der Waals surface area contributed by atoms with Crippen molar-refractivity contribution in [2.75, 3.05) is 20.4 Å². The van der Waals surface area contributed by atoms with Crippen LogP contribution in [-0.2, 0) is 24.8 Å². The van der Waals surface area contributed by atoms with Crippen LogP contribution in [0.5, 0.6) is 0 Å². The lowest BCUT2D eigenvalue weighted by Crippen LogP contribution is -2.08. The smallest absolute Gasteiger partial charge is 0.337 e. The van der Waals surface area contributed by atoms with E-state index in [-0.39, 0.29) is 11.9 Å². The fourth-order valence-corrected chi connectivity index (χ4v) is 2.21. The molecule has 1 aromatic rings. The van der Waals surface area contributed by atoms with Crippen LogP contribution in [0.4, 0.5) is 0 Å². The fraction of sp³-hybridized carbons (Fsp3) is 0.500. The van der Waals surface area contributed by atoms with Gasteiger partial charge in [-0.2, -0.15) is 0 Å². The summed E-state index contributed by atoms with van der Waals surface area (Å²) in [5.74, 6) is -0.145. The zero-order valence-electron chi connectivity index (χ0n) is 9.34. The van der Waals surface area contributed by atoms with Gasteiger partial charge in [-0.05, 0) is 18.1 Å². The van der Waals surface area contributed by atoms with Crippen molar-refractivity contribution in [2.45, 2.75) is 12.8 Å². The molecule has 0 aliphatic heterocycles. The molecule has 0 unspecified atom stereocenters. The highest BCUT2D eigenvalue weighted by Crippen LogP contribution is 2.46. The first kappa shape index (κ1) is 13.2. The summed E-state index contributed by atoms with van der Waals surface area (Å²) in [5.41, 5.74) is 0.943. The number of furan rings is 1. The second-order valence-corrected chi connectivity index (χ2v) is 5.57. The summed E-state index contributed by atoms with van der Waals surface area (Å²) in [4.78, 5) is 11.5. The minimum absolute atomic E-state index is 0.145. The molecule has 1 rings (SSSR count). The average molecular weight is 246 g/mol. The molecule has 0 amide bonds. The van der Waals surface area contributed by atoms with E-state index in [0.29, 0.717) is 12.8 Å². The van der Waals surface area contributed by atoms with Crippen molar-refractivity contribution >= 4 is 13.4 Å². The number of Topliss-reactive ketones (excluding diaryl/α,β-unsaturated/α-hetero) is 1. The molecule has 6 heteroatoms. The topological polar surface area (TPSA) is 65.7 Å². The van der Waals surface area contributed by atoms with Crippen LogP contribution < -0.4 is 0 Å². The maximum atomic E-state index is 11.6. The van der Waals surface area contributed by atoms with Crippen molar-refractivity contribution in [2.24, 2.45) is 0 Å². The number of rotatable bonds is 7. The van der Waals surface area contributed by atoms with Gasteiger partial charge in [0.15, 0.2) is 0 Å². The van der Waals surface area contributed by atoms with Gasteiger partial charge in [0.2, 0.25) is 0 Å². The minimum atomic E-state index is -3.22. The zero-order valence-corrected chi connectivity index (χ0v) is 10.2. The van der Waals surface area contributed by atoms with Gasteiger partial charge in [0, 0.05) is 20.6 Å². The standard InChI is InChI=1S/C10H15O5P/c1-13-16(12,14-2)8-10(11)4-3-9-5-6-15-7-9/h5-7H,3-4,8H2,1-2H3. The first-order chi connectivity index (χ1) is 7.59. The lowest BCUT2D eigenvalue weighted by Gasteiger charge is -2.12. The lowest BCUT2D eigenvalue weighted by atomic mass is 10.1. The zero-order chi connectivity index (χ0) is 12.0. The summed E-state index contributed by atoms with van der Waals surface area (Å²) in [6.07, 6.45) is 3.82. The van der Waals surface area contributed by atoms with Crippen LogP contribution >= 0.6 is 7.60 Å². The monoisotopic (exact) mass is 246 g/mol. The van der Waals surface area contributed by atoms with Gasteiger partial charge in [-0.25, -0.2) is 0 Å². The Balaban J connectivity index is 2.39. The number of hydrogen-bond donors (Lipinski definition) is 0. The minimum Gasteiger partial charge on any atom is -0.472 e. The summed E-state index contributed by atoms with van der Waals surface area (Å²) >= 11 is 0. The molecule has 0 N–H and O–H groups in total. The molecular formula is C10H15O5P. The van der Waals surface area contributed by atoms with E-state index in [1.54, 1.807) is 18.6 Å². The molecule has 0 saturated carbocycles. The first-order valence-corrected chi connectivity index (χ1v) is 6.56. The van der Waals surface area contributed by atoms with Crippen LogP contribution in [0, 0.1) is 0 Å². The Morgan fingerprint density at radius 3 is 2.62 bits per heavy atom. The summed E-state index contributed by atoms with van der Waals surface area (Å²) in [6.45, 7) is 0. The van der Waals surface area contributed by atoms with E-state index in [4.69, 9.17) is 4.42 Å². The van der Waals surface area contributed by atoms with Gasteiger partial charge in [0.1, 0.15) is 11.9 Å².